The van der Waals surface area contributed by atoms with Crippen molar-refractivity contribution in [3.05, 3.63) is 33.9 Å². The molecule has 0 saturated carbocycles. The minimum atomic E-state index is -0.728. The molecule has 0 aromatic heterocycles. The van der Waals surface area contributed by atoms with Gasteiger partial charge in [-0.2, -0.15) is 0 Å². The van der Waals surface area contributed by atoms with Gasteiger partial charge >= 0.3 is 0 Å². The van der Waals surface area contributed by atoms with Gasteiger partial charge in [0.25, 0.3) is 0 Å². The number of hydrogen-bond acceptors (Lipinski definition) is 3. The molecule has 0 spiro atoms. The van der Waals surface area contributed by atoms with Crippen LogP contribution in [-0.4, -0.2) is 16.7 Å². The highest BCUT2D eigenvalue weighted by Crippen LogP contribution is 2.15. The Bertz CT molecular complexity index is 278. The molecule has 1 atom stereocenters. The zero-order valence-corrected chi connectivity index (χ0v) is 6.69. The van der Waals surface area contributed by atoms with Gasteiger partial charge in [0.2, 0.25) is 6.04 Å². The van der Waals surface area contributed by atoms with E-state index in [9.17, 15) is 14.9 Å². The Balaban J connectivity index is 2.74. The maximum Gasteiger partial charge on any atom is 0.235 e. The normalized spacial score (nSPS) is 21.8. The Morgan fingerprint density at radius 3 is 2.92 bits per heavy atom. The van der Waals surface area contributed by atoms with Crippen LogP contribution < -0.4 is 0 Å². The van der Waals surface area contributed by atoms with Crippen molar-refractivity contribution < 1.29 is 9.72 Å². The van der Waals surface area contributed by atoms with Crippen LogP contribution in [0.5, 0.6) is 0 Å². The van der Waals surface area contributed by atoms with E-state index in [4.69, 9.17) is 0 Å². The molecule has 1 unspecified atom stereocenters. The fourth-order valence-corrected chi connectivity index (χ4v) is 1.07. The summed E-state index contributed by atoms with van der Waals surface area (Å²) in [6.07, 6.45) is 4.90. The number of carbonyl (C=O) groups is 1. The highest BCUT2D eigenvalue weighted by molar-refractivity contribution is 5.93. The summed E-state index contributed by atoms with van der Waals surface area (Å²) in [6, 6.07) is -0.728. The van der Waals surface area contributed by atoms with Crippen LogP contribution in [0.3, 0.4) is 0 Å². The van der Waals surface area contributed by atoms with E-state index in [1.807, 2.05) is 0 Å². The lowest BCUT2D eigenvalue weighted by atomic mass is 9.98. The first-order valence-corrected chi connectivity index (χ1v) is 3.63. The van der Waals surface area contributed by atoms with E-state index in [2.05, 4.69) is 0 Å². The largest absolute Gasteiger partial charge is 0.295 e. The second-order valence-corrected chi connectivity index (χ2v) is 2.69. The van der Waals surface area contributed by atoms with Crippen molar-refractivity contribution in [2.75, 3.05) is 0 Å². The average Bonchev–Trinajstić information content (AvgIpc) is 2.04. The van der Waals surface area contributed by atoms with Crippen molar-refractivity contribution in [2.45, 2.75) is 19.4 Å². The quantitative estimate of drug-likeness (QED) is 0.457. The first kappa shape index (κ1) is 8.64. The Morgan fingerprint density at radius 2 is 2.42 bits per heavy atom. The lowest BCUT2D eigenvalue weighted by Gasteiger charge is -2.09. The van der Waals surface area contributed by atoms with Crippen molar-refractivity contribution in [2.24, 2.45) is 0 Å². The second kappa shape index (κ2) is 3.30. The summed E-state index contributed by atoms with van der Waals surface area (Å²) in [7, 11) is 0. The average molecular weight is 167 g/mol. The molecule has 0 aliphatic heterocycles. The molecule has 1 rings (SSSR count). The summed E-state index contributed by atoms with van der Waals surface area (Å²) in [6.45, 7) is 1.42. The summed E-state index contributed by atoms with van der Waals surface area (Å²) in [5, 5.41) is 10.3. The van der Waals surface area contributed by atoms with Gasteiger partial charge in [-0.25, -0.2) is 0 Å². The van der Waals surface area contributed by atoms with Crippen molar-refractivity contribution in [3.63, 3.8) is 0 Å². The summed E-state index contributed by atoms with van der Waals surface area (Å²) < 4.78 is 0. The SMILES string of the molecule is CC(=O)C1=CC=CC([N+](=O)[O-])C1. The van der Waals surface area contributed by atoms with E-state index >= 15 is 0 Å². The summed E-state index contributed by atoms with van der Waals surface area (Å²) in [5.41, 5.74) is 0.527. The van der Waals surface area contributed by atoms with Gasteiger partial charge in [0.05, 0.1) is 0 Å². The van der Waals surface area contributed by atoms with Crippen LogP contribution in [0.2, 0.25) is 0 Å². The zero-order valence-electron chi connectivity index (χ0n) is 6.69. The predicted molar refractivity (Wildman–Crippen MR) is 43.3 cm³/mol. The van der Waals surface area contributed by atoms with Crippen molar-refractivity contribution in [1.82, 2.24) is 0 Å². The third-order valence-corrected chi connectivity index (χ3v) is 1.78. The Hall–Kier alpha value is -1.45. The predicted octanol–water partition coefficient (Wildman–Crippen LogP) is 1.11. The molecule has 0 aromatic rings. The molecule has 64 valence electrons. The lowest BCUT2D eigenvalue weighted by molar-refractivity contribution is -0.508. The molecular weight excluding hydrogens is 158 g/mol. The van der Waals surface area contributed by atoms with Gasteiger partial charge in [-0.1, -0.05) is 12.2 Å². The molecule has 0 amide bonds. The van der Waals surface area contributed by atoms with Crippen LogP contribution in [0.25, 0.3) is 0 Å². The van der Waals surface area contributed by atoms with Crippen LogP contribution in [0, 0.1) is 10.1 Å². The van der Waals surface area contributed by atoms with Gasteiger partial charge in [-0.15, -0.1) is 0 Å². The van der Waals surface area contributed by atoms with Crippen molar-refractivity contribution in [3.8, 4) is 0 Å². The second-order valence-electron chi connectivity index (χ2n) is 2.69. The van der Waals surface area contributed by atoms with Gasteiger partial charge < -0.3 is 0 Å². The number of ketones is 1. The maximum absolute atomic E-state index is 10.8. The molecule has 0 N–H and O–H groups in total. The number of Topliss-reactive ketones (excluding diaryl/α,β-unsaturated/α-hetero) is 1. The summed E-state index contributed by atoms with van der Waals surface area (Å²) in [4.78, 5) is 20.8. The number of carbonyl (C=O) groups excluding carboxylic acids is 1. The summed E-state index contributed by atoms with van der Waals surface area (Å²) >= 11 is 0. The molecule has 1 aliphatic carbocycles. The number of rotatable bonds is 2. The standard InChI is InChI=1S/C8H9NO3/c1-6(10)7-3-2-4-8(5-7)9(11)12/h2-4,8H,5H2,1H3. The van der Waals surface area contributed by atoms with E-state index in [1.165, 1.54) is 13.0 Å². The minimum absolute atomic E-state index is 0.0915. The smallest absolute Gasteiger partial charge is 0.235 e. The Labute approximate surface area is 69.7 Å². The van der Waals surface area contributed by atoms with Crippen molar-refractivity contribution in [1.29, 1.82) is 0 Å². The first-order valence-electron chi connectivity index (χ1n) is 3.63. The molecule has 12 heavy (non-hydrogen) atoms. The third-order valence-electron chi connectivity index (χ3n) is 1.78. The van der Waals surface area contributed by atoms with Gasteiger partial charge in [0.1, 0.15) is 0 Å². The van der Waals surface area contributed by atoms with E-state index in [0.29, 0.717) is 5.57 Å². The molecule has 4 nitrogen and oxygen atoms in total. The van der Waals surface area contributed by atoms with Gasteiger partial charge in [0.15, 0.2) is 5.78 Å². The fourth-order valence-electron chi connectivity index (χ4n) is 1.07. The van der Waals surface area contributed by atoms with Crippen LogP contribution >= 0.6 is 0 Å². The molecule has 0 fully saturated rings. The molecule has 0 saturated heterocycles. The Kier molecular flexibility index (Phi) is 2.38. The number of allylic oxidation sites excluding steroid dienone is 2. The topological polar surface area (TPSA) is 60.2 Å². The van der Waals surface area contributed by atoms with Crippen molar-refractivity contribution >= 4 is 5.78 Å². The van der Waals surface area contributed by atoms with Gasteiger partial charge in [0, 0.05) is 16.9 Å². The molecule has 4 heteroatoms. The monoisotopic (exact) mass is 167 g/mol. The first-order chi connectivity index (χ1) is 5.61. The highest BCUT2D eigenvalue weighted by atomic mass is 16.6. The van der Waals surface area contributed by atoms with Crippen LogP contribution in [-0.2, 0) is 4.79 Å². The third kappa shape index (κ3) is 1.78. The van der Waals surface area contributed by atoms with E-state index in [-0.39, 0.29) is 17.1 Å². The maximum atomic E-state index is 10.8. The van der Waals surface area contributed by atoms with Crippen LogP contribution in [0.15, 0.2) is 23.8 Å². The molecular formula is C8H9NO3. The molecule has 0 radical (unpaired) electrons. The van der Waals surface area contributed by atoms with E-state index in [1.54, 1.807) is 12.2 Å². The molecule has 0 heterocycles. The molecule has 1 aliphatic rings. The highest BCUT2D eigenvalue weighted by Gasteiger charge is 2.22. The van der Waals surface area contributed by atoms with Crippen LogP contribution in [0.4, 0.5) is 0 Å². The number of hydrogen-bond donors (Lipinski definition) is 0. The van der Waals surface area contributed by atoms with E-state index < -0.39 is 6.04 Å². The van der Waals surface area contributed by atoms with E-state index in [0.717, 1.165) is 0 Å². The zero-order chi connectivity index (χ0) is 9.14. The molecule has 0 bridgehead atoms. The number of nitrogens with zero attached hydrogens (tertiary/aromatic N) is 1. The van der Waals surface area contributed by atoms with Crippen LogP contribution in [0.1, 0.15) is 13.3 Å². The Morgan fingerprint density at radius 1 is 1.75 bits per heavy atom. The van der Waals surface area contributed by atoms with Gasteiger partial charge in [-0.3, -0.25) is 14.9 Å². The lowest BCUT2D eigenvalue weighted by Crippen LogP contribution is -2.20. The molecule has 0 aromatic carbocycles. The summed E-state index contributed by atoms with van der Waals surface area (Å²) in [5.74, 6) is -0.0915. The number of nitro groups is 1. The van der Waals surface area contributed by atoms with Gasteiger partial charge in [-0.05, 0) is 13.0 Å². The fraction of sp³-hybridized carbons (Fsp3) is 0.375. The minimum Gasteiger partial charge on any atom is -0.295 e.